The molecule has 24 heavy (non-hydrogen) atoms. The third-order valence-corrected chi connectivity index (χ3v) is 4.31. The fraction of sp³-hybridized carbons (Fsp3) is 0.529. The van der Waals surface area contributed by atoms with E-state index in [9.17, 15) is 14.7 Å². The molecule has 0 spiro atoms. The van der Waals surface area contributed by atoms with Crippen LogP contribution in [0.4, 0.5) is 0 Å². The molecule has 7 heteroatoms. The fourth-order valence-corrected chi connectivity index (χ4v) is 3.01. The van der Waals surface area contributed by atoms with Crippen molar-refractivity contribution in [1.29, 1.82) is 0 Å². The molecular weight excluding hydrogens is 314 g/mol. The van der Waals surface area contributed by atoms with Crippen LogP contribution in [0.25, 0.3) is 0 Å². The smallest absolute Gasteiger partial charge is 0.309 e. The number of hydrogen-bond acceptors (Lipinski definition) is 5. The van der Waals surface area contributed by atoms with Crippen LogP contribution in [0.3, 0.4) is 0 Å². The van der Waals surface area contributed by atoms with Gasteiger partial charge in [-0.2, -0.15) is 0 Å². The summed E-state index contributed by atoms with van der Waals surface area (Å²) in [5.74, 6) is -0.587. The number of nitrogens with one attached hydrogen (secondary N) is 1. The molecule has 2 aliphatic rings. The zero-order valence-corrected chi connectivity index (χ0v) is 13.3. The number of carbonyl (C=O) groups is 2. The summed E-state index contributed by atoms with van der Waals surface area (Å²) in [4.78, 5) is 23.4. The van der Waals surface area contributed by atoms with Gasteiger partial charge in [-0.15, -0.1) is 0 Å². The third kappa shape index (κ3) is 3.97. The number of benzene rings is 1. The van der Waals surface area contributed by atoms with Crippen molar-refractivity contribution >= 4 is 11.9 Å². The highest BCUT2D eigenvalue weighted by atomic mass is 16.7. The summed E-state index contributed by atoms with van der Waals surface area (Å²) in [5.41, 5.74) is 1.02. The van der Waals surface area contributed by atoms with E-state index in [4.69, 9.17) is 14.2 Å². The standard InChI is InChI=1S/C17H21NO6/c19-16(9-12(17(20)21)13-2-1-7-22-13)18-6-5-11-3-4-14-15(8-11)24-10-23-14/h3-4,8,12-13H,1-2,5-7,9-10H2,(H,18,19)(H,20,21)/t12-,13-/m0/s1. The molecular formula is C17H21NO6. The van der Waals surface area contributed by atoms with Crippen molar-refractivity contribution in [2.45, 2.75) is 31.8 Å². The molecule has 1 fully saturated rings. The Morgan fingerprint density at radius 2 is 2.12 bits per heavy atom. The SMILES string of the molecule is O=C(C[C@H](C(=O)O)[C@@H]1CCCO1)NCCc1ccc2c(c1)OCO2. The van der Waals surface area contributed by atoms with Crippen LogP contribution in [0.1, 0.15) is 24.8 Å². The first-order valence-electron chi connectivity index (χ1n) is 8.13. The van der Waals surface area contributed by atoms with Gasteiger partial charge in [0, 0.05) is 19.6 Å². The van der Waals surface area contributed by atoms with Crippen molar-refractivity contribution < 1.29 is 28.9 Å². The predicted molar refractivity (Wildman–Crippen MR) is 84.0 cm³/mol. The molecule has 130 valence electrons. The number of fused-ring (bicyclic) bond motifs is 1. The Morgan fingerprint density at radius 3 is 2.88 bits per heavy atom. The van der Waals surface area contributed by atoms with Crippen LogP contribution in [0.2, 0.25) is 0 Å². The monoisotopic (exact) mass is 335 g/mol. The van der Waals surface area contributed by atoms with Crippen molar-refractivity contribution in [2.75, 3.05) is 19.9 Å². The second kappa shape index (κ2) is 7.53. The largest absolute Gasteiger partial charge is 0.481 e. The topological polar surface area (TPSA) is 94.1 Å². The van der Waals surface area contributed by atoms with Gasteiger partial charge in [0.2, 0.25) is 12.7 Å². The molecule has 2 aliphatic heterocycles. The fourth-order valence-electron chi connectivity index (χ4n) is 3.01. The van der Waals surface area contributed by atoms with Crippen LogP contribution in [0.15, 0.2) is 18.2 Å². The number of ether oxygens (including phenoxy) is 3. The summed E-state index contributed by atoms with van der Waals surface area (Å²) < 4.78 is 16.0. The zero-order chi connectivity index (χ0) is 16.9. The summed E-state index contributed by atoms with van der Waals surface area (Å²) in [6.07, 6.45) is 1.77. The Morgan fingerprint density at radius 1 is 1.29 bits per heavy atom. The normalized spacial score (nSPS) is 19.9. The van der Waals surface area contributed by atoms with E-state index >= 15 is 0 Å². The van der Waals surface area contributed by atoms with Gasteiger partial charge in [0.15, 0.2) is 11.5 Å². The molecule has 0 bridgehead atoms. The lowest BCUT2D eigenvalue weighted by Gasteiger charge is -2.18. The van der Waals surface area contributed by atoms with Gasteiger partial charge in [0.1, 0.15) is 0 Å². The minimum atomic E-state index is -0.979. The van der Waals surface area contributed by atoms with E-state index in [1.165, 1.54) is 0 Å². The lowest BCUT2D eigenvalue weighted by Crippen LogP contribution is -2.35. The number of carboxylic acid groups (broad SMARTS) is 1. The lowest BCUT2D eigenvalue weighted by atomic mass is 9.96. The Labute approximate surface area is 139 Å². The molecule has 1 saturated heterocycles. The van der Waals surface area contributed by atoms with Gasteiger partial charge in [0.05, 0.1) is 12.0 Å². The Hall–Kier alpha value is -2.28. The van der Waals surface area contributed by atoms with E-state index in [0.717, 1.165) is 17.7 Å². The highest BCUT2D eigenvalue weighted by molar-refractivity contribution is 5.82. The minimum Gasteiger partial charge on any atom is -0.481 e. The molecule has 2 N–H and O–H groups in total. The number of carbonyl (C=O) groups excluding carboxylic acids is 1. The van der Waals surface area contributed by atoms with Crippen LogP contribution in [0, 0.1) is 5.92 Å². The van der Waals surface area contributed by atoms with E-state index < -0.39 is 11.9 Å². The maximum atomic E-state index is 12.0. The van der Waals surface area contributed by atoms with Gasteiger partial charge in [-0.3, -0.25) is 9.59 Å². The molecule has 7 nitrogen and oxygen atoms in total. The molecule has 2 atom stereocenters. The highest BCUT2D eigenvalue weighted by Gasteiger charge is 2.33. The number of hydrogen-bond donors (Lipinski definition) is 2. The molecule has 0 aliphatic carbocycles. The number of rotatable bonds is 7. The number of amides is 1. The van der Waals surface area contributed by atoms with E-state index in [-0.39, 0.29) is 25.2 Å². The summed E-state index contributed by atoms with van der Waals surface area (Å²) in [6, 6.07) is 5.66. The van der Waals surface area contributed by atoms with Crippen LogP contribution >= 0.6 is 0 Å². The molecule has 1 aromatic carbocycles. The van der Waals surface area contributed by atoms with Gasteiger partial charge in [-0.25, -0.2) is 0 Å². The number of aliphatic carboxylic acids is 1. The first-order chi connectivity index (χ1) is 11.6. The minimum absolute atomic E-state index is 0.0544. The summed E-state index contributed by atoms with van der Waals surface area (Å²) in [6.45, 7) is 1.24. The van der Waals surface area contributed by atoms with Gasteiger partial charge >= 0.3 is 5.97 Å². The molecule has 0 saturated carbocycles. The molecule has 0 radical (unpaired) electrons. The average Bonchev–Trinajstić information content (AvgIpc) is 3.23. The first kappa shape index (κ1) is 16.6. The van der Waals surface area contributed by atoms with Crippen LogP contribution < -0.4 is 14.8 Å². The second-order valence-corrected chi connectivity index (χ2v) is 5.99. The van der Waals surface area contributed by atoms with E-state index in [1.54, 1.807) is 0 Å². The van der Waals surface area contributed by atoms with Crippen molar-refractivity contribution in [2.24, 2.45) is 5.92 Å². The summed E-state index contributed by atoms with van der Waals surface area (Å²) >= 11 is 0. The van der Waals surface area contributed by atoms with Crippen LogP contribution in [-0.2, 0) is 20.7 Å². The lowest BCUT2D eigenvalue weighted by molar-refractivity contribution is -0.148. The number of carboxylic acids is 1. The Bertz CT molecular complexity index is 611. The van der Waals surface area contributed by atoms with E-state index in [2.05, 4.69) is 5.32 Å². The molecule has 1 amide bonds. The summed E-state index contributed by atoms with van der Waals surface area (Å²) in [5, 5.41) is 12.1. The molecule has 3 rings (SSSR count). The molecule has 1 aromatic rings. The molecule has 0 unspecified atom stereocenters. The van der Waals surface area contributed by atoms with Crippen LogP contribution in [0.5, 0.6) is 11.5 Å². The van der Waals surface area contributed by atoms with E-state index in [0.29, 0.717) is 31.7 Å². The molecule has 0 aromatic heterocycles. The highest BCUT2D eigenvalue weighted by Crippen LogP contribution is 2.32. The van der Waals surface area contributed by atoms with E-state index in [1.807, 2.05) is 18.2 Å². The maximum Gasteiger partial charge on any atom is 0.309 e. The quantitative estimate of drug-likeness (QED) is 0.781. The van der Waals surface area contributed by atoms with Crippen molar-refractivity contribution in [3.8, 4) is 11.5 Å². The van der Waals surface area contributed by atoms with Gasteiger partial charge in [-0.05, 0) is 37.0 Å². The van der Waals surface area contributed by atoms with Gasteiger partial charge < -0.3 is 24.6 Å². The van der Waals surface area contributed by atoms with Crippen molar-refractivity contribution in [1.82, 2.24) is 5.32 Å². The van der Waals surface area contributed by atoms with Crippen molar-refractivity contribution in [3.05, 3.63) is 23.8 Å². The first-order valence-corrected chi connectivity index (χ1v) is 8.13. The maximum absolute atomic E-state index is 12.0. The Kier molecular flexibility index (Phi) is 5.20. The Balaban J connectivity index is 1.45. The van der Waals surface area contributed by atoms with Crippen molar-refractivity contribution in [3.63, 3.8) is 0 Å². The summed E-state index contributed by atoms with van der Waals surface area (Å²) in [7, 11) is 0. The molecule has 2 heterocycles. The van der Waals surface area contributed by atoms with Gasteiger partial charge in [0.25, 0.3) is 0 Å². The van der Waals surface area contributed by atoms with Gasteiger partial charge in [-0.1, -0.05) is 6.07 Å². The third-order valence-electron chi connectivity index (χ3n) is 4.31. The van der Waals surface area contributed by atoms with Crippen LogP contribution in [-0.4, -0.2) is 43.0 Å². The predicted octanol–water partition coefficient (Wildman–Crippen LogP) is 1.34. The average molecular weight is 335 g/mol. The zero-order valence-electron chi connectivity index (χ0n) is 13.3. The second-order valence-electron chi connectivity index (χ2n) is 5.99.